The molecule has 2 aromatic heterocycles. The molecule has 0 spiro atoms. The second-order valence-electron chi connectivity index (χ2n) is 47.2. The number of nitrogens with zero attached hydrogens (tertiary/aromatic N) is 6. The molecule has 4 atom stereocenters. The standard InChI is InChI=1S/C62H70BN3O.C62H70BN3S/c2*1-57(2,3)39-21-27-43(28-22-39)64-50-35-41(59(7,8)9)26-32-48(50)63-54-51(64)37-45(66-49-20-16-15-19-47(49)61(13)33-17-18-34-62(61,66)14)38-52(54)65(44-29-23-40(24-30-44)58(4,5)6)55-46-31-25-42(60(10,11)12)36-53(46)67-56(55)63/h2*15-16,19-32,35-38H,17-18,33-34H2,1-14H3/i2*15D,16D,19D,20D,21D,22D,23D,24D,25D,26D,27D,28D,29D,30D,31D,32D,35D,36D. The van der Waals surface area contributed by atoms with Crippen LogP contribution in [0.2, 0.25) is 0 Å². The highest BCUT2D eigenvalue weighted by Crippen LogP contribution is 2.65. The zero-order valence-electron chi connectivity index (χ0n) is 119. The Hall–Kier alpha value is -10.9. The Bertz CT molecular complexity index is 8790. The van der Waals surface area contributed by atoms with Crippen LogP contribution in [0.4, 0.5) is 91.0 Å². The molecule has 6 aliphatic heterocycles. The summed E-state index contributed by atoms with van der Waals surface area (Å²) in [5.74, 6) is 0. The van der Waals surface area contributed by atoms with E-state index in [1.165, 1.54) is 19.6 Å². The Morgan fingerprint density at radius 1 is 0.299 bits per heavy atom. The third-order valence-corrected chi connectivity index (χ3v) is 30.8. The summed E-state index contributed by atoms with van der Waals surface area (Å²) in [5, 5.41) is -0.0441. The van der Waals surface area contributed by atoms with Crippen LogP contribution in [-0.2, 0) is 54.1 Å². The fourth-order valence-electron chi connectivity index (χ4n) is 21.5. The maximum atomic E-state index is 10.5. The number of anilines is 16. The fraction of sp³-hybridized carbons (Fsp3) is 0.387. The Kier molecular flexibility index (Phi) is 12.9. The molecule has 134 heavy (non-hydrogen) atoms. The second-order valence-corrected chi connectivity index (χ2v) is 48.3. The first-order valence-corrected chi connectivity index (χ1v) is 48.1. The van der Waals surface area contributed by atoms with Crippen LogP contribution in [0.5, 0.6) is 0 Å². The van der Waals surface area contributed by atoms with Gasteiger partial charge in [-0.1, -0.05) is 333 Å². The normalized spacial score (nSPS) is 23.9. The first-order valence-electron chi connectivity index (χ1n) is 65.3. The lowest BCUT2D eigenvalue weighted by molar-refractivity contribution is 0.195. The number of fused-ring (bicyclic) bond motifs is 18. The molecule has 0 amide bonds. The summed E-state index contributed by atoms with van der Waals surface area (Å²) in [6, 6.07) is -6.44. The highest BCUT2D eigenvalue weighted by atomic mass is 32.1. The molecule has 0 bridgehead atoms. The van der Waals surface area contributed by atoms with Gasteiger partial charge in [0.1, 0.15) is 5.58 Å². The molecule has 2 aliphatic carbocycles. The van der Waals surface area contributed by atoms with Crippen molar-refractivity contribution in [3.05, 3.63) is 297 Å². The van der Waals surface area contributed by atoms with Gasteiger partial charge in [-0.25, -0.2) is 0 Å². The number of thiophene rings is 1. The van der Waals surface area contributed by atoms with Gasteiger partial charge in [0.05, 0.1) is 77.5 Å². The number of benzene rings is 12. The minimum Gasteiger partial charge on any atom is -0.468 e. The van der Waals surface area contributed by atoms with Crippen molar-refractivity contribution >= 4 is 169 Å². The molecule has 684 valence electrons. The van der Waals surface area contributed by atoms with Crippen LogP contribution in [0, 0.1) is 0 Å². The van der Waals surface area contributed by atoms with Crippen molar-refractivity contribution in [2.45, 2.75) is 310 Å². The van der Waals surface area contributed by atoms with Gasteiger partial charge in [0.2, 0.25) is 0 Å². The molecule has 2 saturated carbocycles. The Balaban J connectivity index is 0.000000193. The quantitative estimate of drug-likeness (QED) is 0.153. The van der Waals surface area contributed by atoms with Crippen molar-refractivity contribution in [2.75, 3.05) is 29.4 Å². The highest BCUT2D eigenvalue weighted by molar-refractivity contribution is 7.33. The van der Waals surface area contributed by atoms with E-state index in [-0.39, 0.29) is 317 Å². The maximum Gasteiger partial charge on any atom is 0.297 e. The Labute approximate surface area is 856 Å². The van der Waals surface area contributed by atoms with E-state index in [0.717, 1.165) is 24.2 Å². The zero-order valence-corrected chi connectivity index (χ0v) is 83.4. The van der Waals surface area contributed by atoms with Crippen molar-refractivity contribution < 1.29 is 53.8 Å². The molecule has 8 aliphatic rings. The Morgan fingerprint density at radius 2 is 0.612 bits per heavy atom. The summed E-state index contributed by atoms with van der Waals surface area (Å²) in [6.07, 6.45) is 4.87. The minimum absolute atomic E-state index is 0.0411. The molecule has 0 radical (unpaired) electrons. The average Bonchev–Trinajstić information content (AvgIpc) is 1.40. The summed E-state index contributed by atoms with van der Waals surface area (Å²) < 4.78 is 363. The minimum atomic E-state index is -1.42. The van der Waals surface area contributed by atoms with E-state index in [9.17, 15) is 46.6 Å². The fourth-order valence-corrected chi connectivity index (χ4v) is 22.8. The molecule has 2 fully saturated rings. The smallest absolute Gasteiger partial charge is 0.297 e. The third-order valence-electron chi connectivity index (χ3n) is 29.6. The molecular formula is C124H140B2N6OS. The zero-order chi connectivity index (χ0) is 126. The SMILES string of the molecule is [2H]c1c([2H])c([2H])c2c(c1[2H])N(c1cc3c4c(c1)N(c1c([2H])c([2H])c(C(C)(C)C)c([2H])c1[2H])c1c(oc5c([2H])c(C(C)(C)C)c([2H])c([2H])c15)B4c1c([2H])c([2H])c(C(C)(C)C)c([2H])c1N3c1c([2H])c([2H])c(C(C)(C)C)c([2H])c1[2H])C1(C)CCCCC21C.[2H]c1c([2H])c([2H])c2c(c1[2H])N(c1cc3c4c(c1)N(c1c([2H])c([2H])c(C(C)(C)C)c([2H])c1[2H])c1c(sc5c([2H])c(C(C)(C)C)c([2H])c([2H])c15)B4c1c([2H])c([2H])c(C(C)(C)C)c([2H])c1N3c1c([2H])c([2H])c(C(C)(C)C)c([2H])c1[2H])C1(C)CCCCC21C. The van der Waals surface area contributed by atoms with Crippen LogP contribution in [-0.4, -0.2) is 24.5 Å². The van der Waals surface area contributed by atoms with Gasteiger partial charge in [0, 0.05) is 111 Å². The number of hydrogen-bond acceptors (Lipinski definition) is 8. The van der Waals surface area contributed by atoms with Crippen LogP contribution in [0.3, 0.4) is 0 Å². The topological polar surface area (TPSA) is 32.6 Å². The van der Waals surface area contributed by atoms with Gasteiger partial charge in [-0.05, 0) is 275 Å². The molecule has 10 heteroatoms. The lowest BCUT2D eigenvalue weighted by atomic mass is 9.35. The molecule has 14 aromatic rings. The van der Waals surface area contributed by atoms with Crippen molar-refractivity contribution in [3.63, 3.8) is 0 Å². The van der Waals surface area contributed by atoms with E-state index >= 15 is 0 Å². The van der Waals surface area contributed by atoms with Crippen molar-refractivity contribution in [3.8, 4) is 0 Å². The van der Waals surface area contributed by atoms with E-state index in [1.807, 2.05) is 79.0 Å². The molecule has 12 aromatic carbocycles. The summed E-state index contributed by atoms with van der Waals surface area (Å²) in [7, 11) is 0. The molecule has 7 nitrogen and oxygen atoms in total. The molecular weight excluding hydrogens is 1640 g/mol. The van der Waals surface area contributed by atoms with E-state index in [2.05, 4.69) is 0 Å². The summed E-state index contributed by atoms with van der Waals surface area (Å²) in [4.78, 5) is 9.65. The maximum absolute atomic E-state index is 10.5. The molecule has 8 heterocycles. The first-order chi connectivity index (χ1) is 78.1. The molecule has 0 saturated heterocycles. The second kappa shape index (κ2) is 30.3. The van der Waals surface area contributed by atoms with Gasteiger partial charge in [-0.15, -0.1) is 11.3 Å². The van der Waals surface area contributed by atoms with E-state index in [0.29, 0.717) is 54.4 Å². The van der Waals surface area contributed by atoms with Crippen LogP contribution in [0.15, 0.2) is 246 Å². The molecule has 22 rings (SSSR count). The lowest BCUT2D eigenvalue weighted by Crippen LogP contribution is -2.61. The van der Waals surface area contributed by atoms with Crippen LogP contribution in [0.1, 0.15) is 350 Å². The highest BCUT2D eigenvalue weighted by Gasteiger charge is 2.61. The van der Waals surface area contributed by atoms with Gasteiger partial charge in [0.15, 0.2) is 0 Å². The van der Waals surface area contributed by atoms with Crippen LogP contribution in [0.25, 0.3) is 21.1 Å². The van der Waals surface area contributed by atoms with Crippen molar-refractivity contribution in [1.82, 2.24) is 0 Å². The van der Waals surface area contributed by atoms with E-state index in [1.54, 1.807) is 149 Å². The monoisotopic (exact) mass is 1820 g/mol. The van der Waals surface area contributed by atoms with Gasteiger partial charge >= 0.3 is 0 Å². The predicted octanol–water partition coefficient (Wildman–Crippen LogP) is 31.4. The Morgan fingerprint density at radius 3 is 1.01 bits per heavy atom. The van der Waals surface area contributed by atoms with Gasteiger partial charge in [0.25, 0.3) is 13.4 Å². The number of rotatable bonds is 6. The van der Waals surface area contributed by atoms with E-state index in [4.69, 9.17) is 7.16 Å². The van der Waals surface area contributed by atoms with Gasteiger partial charge < -0.3 is 33.8 Å². The van der Waals surface area contributed by atoms with Crippen LogP contribution < -0.4 is 61.7 Å². The largest absolute Gasteiger partial charge is 0.468 e. The van der Waals surface area contributed by atoms with Crippen molar-refractivity contribution in [2.24, 2.45) is 0 Å². The third kappa shape index (κ3) is 13.8. The van der Waals surface area contributed by atoms with Gasteiger partial charge in [-0.2, -0.15) is 0 Å². The predicted molar refractivity (Wildman–Crippen MR) is 581 cm³/mol. The van der Waals surface area contributed by atoms with Gasteiger partial charge in [-0.3, -0.25) is 0 Å². The summed E-state index contributed by atoms with van der Waals surface area (Å²) in [6.45, 7) is 48.5. The van der Waals surface area contributed by atoms with Crippen molar-refractivity contribution in [1.29, 1.82) is 0 Å². The average molecular weight is 1820 g/mol. The first kappa shape index (κ1) is 57.2. The van der Waals surface area contributed by atoms with E-state index < -0.39 is 163 Å². The summed E-state index contributed by atoms with van der Waals surface area (Å²) >= 11 is 1.09. The summed E-state index contributed by atoms with van der Waals surface area (Å²) in [5.41, 5.74) is -9.49. The number of para-hydroxylation sites is 2. The van der Waals surface area contributed by atoms with Crippen LogP contribution >= 0.6 is 11.3 Å². The molecule has 4 unspecified atom stereocenters. The lowest BCUT2D eigenvalue weighted by Gasteiger charge is -2.51. The molecule has 0 N–H and O–H groups in total. The number of hydrogen-bond donors (Lipinski definition) is 0. The number of furan rings is 1.